The quantitative estimate of drug-likeness (QED) is 0.690. The van der Waals surface area contributed by atoms with Gasteiger partial charge < -0.3 is 15.2 Å². The second-order valence-electron chi connectivity index (χ2n) is 3.42. The summed E-state index contributed by atoms with van der Waals surface area (Å²) in [6.45, 7) is 3.77. The molecule has 0 fully saturated rings. The van der Waals surface area contributed by atoms with Crippen LogP contribution in [0.3, 0.4) is 0 Å². The zero-order valence-electron chi connectivity index (χ0n) is 8.95. The molecule has 1 aromatic heterocycles. The van der Waals surface area contributed by atoms with Crippen LogP contribution in [0.25, 0.3) is 0 Å². The minimum atomic E-state index is -1.08. The lowest BCUT2D eigenvalue weighted by Gasteiger charge is -2.04. The van der Waals surface area contributed by atoms with Crippen molar-refractivity contribution in [2.24, 2.45) is 0 Å². The lowest BCUT2D eigenvalue weighted by atomic mass is 10.1. The standard InChI is InChI=1S/C10H16N2O3/c1-3-5-7-11-8(6(13)4-2)9(12-7)10(14)15/h6,13H,3-5H2,1-2H3,(H,11,12)(H,14,15). The van der Waals surface area contributed by atoms with E-state index in [0.29, 0.717) is 18.7 Å². The molecule has 0 aromatic carbocycles. The Labute approximate surface area is 88.2 Å². The van der Waals surface area contributed by atoms with E-state index in [4.69, 9.17) is 5.11 Å². The van der Waals surface area contributed by atoms with Crippen LogP contribution >= 0.6 is 0 Å². The molecule has 0 aliphatic heterocycles. The Morgan fingerprint density at radius 1 is 1.53 bits per heavy atom. The normalized spacial score (nSPS) is 12.7. The Morgan fingerprint density at radius 2 is 2.20 bits per heavy atom. The number of carbonyl (C=O) groups is 1. The van der Waals surface area contributed by atoms with Crippen molar-refractivity contribution < 1.29 is 15.0 Å². The number of rotatable bonds is 5. The number of carboxylic acids is 1. The Bertz CT molecular complexity index is 346. The molecule has 1 rings (SSSR count). The van der Waals surface area contributed by atoms with Crippen molar-refractivity contribution in [1.82, 2.24) is 9.97 Å². The average Bonchev–Trinajstić information content (AvgIpc) is 2.61. The lowest BCUT2D eigenvalue weighted by molar-refractivity contribution is 0.0682. The van der Waals surface area contributed by atoms with Crippen LogP contribution in [0, 0.1) is 0 Å². The van der Waals surface area contributed by atoms with Crippen molar-refractivity contribution in [1.29, 1.82) is 0 Å². The number of aryl methyl sites for hydroxylation is 1. The number of hydrogen-bond acceptors (Lipinski definition) is 3. The molecule has 1 heterocycles. The number of nitrogens with one attached hydrogen (secondary N) is 1. The molecule has 5 nitrogen and oxygen atoms in total. The van der Waals surface area contributed by atoms with Crippen LogP contribution in [0.1, 0.15) is 54.8 Å². The zero-order valence-corrected chi connectivity index (χ0v) is 8.95. The summed E-state index contributed by atoms with van der Waals surface area (Å²) in [5.41, 5.74) is 0.251. The number of aromatic carboxylic acids is 1. The molecule has 84 valence electrons. The molecule has 0 radical (unpaired) electrons. The molecular formula is C10H16N2O3. The molecule has 1 unspecified atom stereocenters. The maximum atomic E-state index is 10.9. The van der Waals surface area contributed by atoms with E-state index in [1.54, 1.807) is 6.92 Å². The van der Waals surface area contributed by atoms with Gasteiger partial charge in [-0.05, 0) is 12.8 Å². The van der Waals surface area contributed by atoms with E-state index in [0.717, 1.165) is 6.42 Å². The van der Waals surface area contributed by atoms with E-state index < -0.39 is 12.1 Å². The number of hydrogen-bond donors (Lipinski definition) is 3. The molecule has 0 saturated carbocycles. The van der Waals surface area contributed by atoms with Gasteiger partial charge in [0.2, 0.25) is 0 Å². The van der Waals surface area contributed by atoms with Crippen molar-refractivity contribution in [3.8, 4) is 0 Å². The number of aromatic nitrogens is 2. The van der Waals surface area contributed by atoms with Gasteiger partial charge in [-0.15, -0.1) is 0 Å². The predicted molar refractivity (Wildman–Crippen MR) is 54.8 cm³/mol. The van der Waals surface area contributed by atoms with Gasteiger partial charge in [0.1, 0.15) is 11.5 Å². The van der Waals surface area contributed by atoms with Gasteiger partial charge >= 0.3 is 5.97 Å². The summed E-state index contributed by atoms with van der Waals surface area (Å²) in [4.78, 5) is 17.7. The molecule has 0 aliphatic rings. The minimum Gasteiger partial charge on any atom is -0.477 e. The third-order valence-electron chi connectivity index (χ3n) is 2.18. The minimum absolute atomic E-state index is 0.00722. The Balaban J connectivity index is 3.05. The van der Waals surface area contributed by atoms with Crippen LogP contribution in [0.5, 0.6) is 0 Å². The molecule has 1 atom stereocenters. The van der Waals surface area contributed by atoms with Crippen LogP contribution < -0.4 is 0 Å². The molecule has 1 aromatic rings. The first-order valence-electron chi connectivity index (χ1n) is 5.10. The third kappa shape index (κ3) is 2.56. The molecule has 0 bridgehead atoms. The second kappa shape index (κ2) is 4.93. The number of aliphatic hydroxyl groups is 1. The second-order valence-corrected chi connectivity index (χ2v) is 3.42. The van der Waals surface area contributed by atoms with Gasteiger partial charge in [-0.1, -0.05) is 13.8 Å². The molecule has 0 amide bonds. The number of nitrogens with zero attached hydrogens (tertiary/aromatic N) is 1. The lowest BCUT2D eigenvalue weighted by Crippen LogP contribution is -2.06. The van der Waals surface area contributed by atoms with Crippen molar-refractivity contribution in [3.05, 3.63) is 17.2 Å². The third-order valence-corrected chi connectivity index (χ3v) is 2.18. The first-order valence-corrected chi connectivity index (χ1v) is 5.10. The molecule has 15 heavy (non-hydrogen) atoms. The summed E-state index contributed by atoms with van der Waals surface area (Å²) in [6.07, 6.45) is 1.22. The largest absolute Gasteiger partial charge is 0.477 e. The van der Waals surface area contributed by atoms with Gasteiger partial charge in [-0.25, -0.2) is 9.78 Å². The van der Waals surface area contributed by atoms with Gasteiger partial charge in [0.15, 0.2) is 5.69 Å². The van der Waals surface area contributed by atoms with Crippen LogP contribution in [0.15, 0.2) is 0 Å². The predicted octanol–water partition coefficient (Wildman–Crippen LogP) is 1.50. The maximum Gasteiger partial charge on any atom is 0.354 e. The van der Waals surface area contributed by atoms with E-state index in [9.17, 15) is 9.90 Å². The van der Waals surface area contributed by atoms with Crippen LogP contribution in [-0.4, -0.2) is 26.2 Å². The summed E-state index contributed by atoms with van der Waals surface area (Å²) in [5.74, 6) is -0.454. The highest BCUT2D eigenvalue weighted by Gasteiger charge is 2.20. The number of H-pyrrole nitrogens is 1. The molecular weight excluding hydrogens is 196 g/mol. The summed E-state index contributed by atoms with van der Waals surface area (Å²) in [5, 5.41) is 18.5. The Kier molecular flexibility index (Phi) is 3.85. The summed E-state index contributed by atoms with van der Waals surface area (Å²) >= 11 is 0. The smallest absolute Gasteiger partial charge is 0.354 e. The average molecular weight is 212 g/mol. The van der Waals surface area contributed by atoms with Gasteiger partial charge in [-0.3, -0.25) is 0 Å². The summed E-state index contributed by atoms with van der Waals surface area (Å²) < 4.78 is 0. The maximum absolute atomic E-state index is 10.9. The number of carboxylic acid groups (broad SMARTS) is 1. The van der Waals surface area contributed by atoms with Gasteiger partial charge in [0.05, 0.1) is 6.10 Å². The monoisotopic (exact) mass is 212 g/mol. The van der Waals surface area contributed by atoms with Gasteiger partial charge in [0, 0.05) is 6.42 Å². The van der Waals surface area contributed by atoms with Crippen LogP contribution in [0.2, 0.25) is 0 Å². The van der Waals surface area contributed by atoms with E-state index >= 15 is 0 Å². The fourth-order valence-corrected chi connectivity index (χ4v) is 1.39. The van der Waals surface area contributed by atoms with Crippen molar-refractivity contribution in [2.75, 3.05) is 0 Å². The van der Waals surface area contributed by atoms with Crippen molar-refractivity contribution >= 4 is 5.97 Å². The zero-order chi connectivity index (χ0) is 11.4. The Morgan fingerprint density at radius 3 is 2.67 bits per heavy atom. The van der Waals surface area contributed by atoms with Gasteiger partial charge in [0.25, 0.3) is 0 Å². The first kappa shape index (κ1) is 11.7. The van der Waals surface area contributed by atoms with Crippen LogP contribution in [-0.2, 0) is 6.42 Å². The molecule has 0 spiro atoms. The fraction of sp³-hybridized carbons (Fsp3) is 0.600. The molecule has 0 saturated heterocycles. The number of imidazole rings is 1. The van der Waals surface area contributed by atoms with Crippen LogP contribution in [0.4, 0.5) is 0 Å². The topological polar surface area (TPSA) is 86.2 Å². The molecule has 0 aliphatic carbocycles. The Hall–Kier alpha value is -1.36. The number of aliphatic hydroxyl groups excluding tert-OH is 1. The van der Waals surface area contributed by atoms with Gasteiger partial charge in [-0.2, -0.15) is 0 Å². The highest BCUT2D eigenvalue weighted by atomic mass is 16.4. The molecule has 3 N–H and O–H groups in total. The first-order chi connectivity index (χ1) is 7.10. The highest BCUT2D eigenvalue weighted by Crippen LogP contribution is 2.19. The van der Waals surface area contributed by atoms with E-state index in [1.165, 1.54) is 0 Å². The highest BCUT2D eigenvalue weighted by molar-refractivity contribution is 5.86. The SMILES string of the molecule is CCCc1nc(C(O)CC)c(C(=O)O)[nH]1. The molecule has 5 heteroatoms. The van der Waals surface area contributed by atoms with E-state index in [2.05, 4.69) is 9.97 Å². The van der Waals surface area contributed by atoms with Crippen molar-refractivity contribution in [2.45, 2.75) is 39.2 Å². The summed E-state index contributed by atoms with van der Waals surface area (Å²) in [7, 11) is 0. The number of aromatic amines is 1. The summed E-state index contributed by atoms with van der Waals surface area (Å²) in [6, 6.07) is 0. The van der Waals surface area contributed by atoms with E-state index in [1.807, 2.05) is 6.92 Å². The fourth-order valence-electron chi connectivity index (χ4n) is 1.39. The van der Waals surface area contributed by atoms with Crippen molar-refractivity contribution in [3.63, 3.8) is 0 Å². The van der Waals surface area contributed by atoms with E-state index in [-0.39, 0.29) is 11.4 Å².